The van der Waals surface area contributed by atoms with Gasteiger partial charge in [0.05, 0.1) is 13.2 Å². The molecule has 0 bridgehead atoms. The van der Waals surface area contributed by atoms with Crippen LogP contribution in [0.15, 0.2) is 0 Å². The number of carbonyl (C=O) groups is 3. The van der Waals surface area contributed by atoms with Crippen LogP contribution < -0.4 is 0 Å². The average Bonchev–Trinajstić information content (AvgIpc) is 2.58. The molecule has 1 rings (SSSR count). The fraction of sp³-hybridized carbons (Fsp3) is 0.833. The lowest BCUT2D eigenvalue weighted by atomic mass is 9.99. The second kappa shape index (κ2) is 11.9. The highest BCUT2D eigenvalue weighted by Crippen LogP contribution is 2.25. The van der Waals surface area contributed by atoms with Gasteiger partial charge in [-0.3, -0.25) is 14.4 Å². The van der Waals surface area contributed by atoms with Crippen molar-refractivity contribution in [3.05, 3.63) is 0 Å². The van der Waals surface area contributed by atoms with E-state index in [0.29, 0.717) is 19.3 Å². The molecule has 26 heavy (non-hydrogen) atoms. The molecule has 8 nitrogen and oxygen atoms in total. The van der Waals surface area contributed by atoms with Crippen LogP contribution in [0.5, 0.6) is 0 Å². The largest absolute Gasteiger partial charge is 0.456 e. The maximum absolute atomic E-state index is 12.0. The van der Waals surface area contributed by atoms with E-state index in [1.165, 1.54) is 0 Å². The van der Waals surface area contributed by atoms with Crippen LogP contribution in [-0.4, -0.2) is 60.6 Å². The van der Waals surface area contributed by atoms with Crippen molar-refractivity contribution in [1.82, 2.24) is 0 Å². The minimum absolute atomic E-state index is 0.0490. The molecule has 1 aliphatic heterocycles. The molecule has 0 aromatic carbocycles. The van der Waals surface area contributed by atoms with Crippen molar-refractivity contribution in [2.45, 2.75) is 83.7 Å². The van der Waals surface area contributed by atoms with Crippen LogP contribution in [0.3, 0.4) is 0 Å². The summed E-state index contributed by atoms with van der Waals surface area (Å²) in [4.78, 5) is 35.8. The first-order chi connectivity index (χ1) is 12.5. The standard InChI is InChI=1S/C18H30O8/c1-4-7-14(20)24-13-11-23-12(10-19)17(25-15(21)8-5-2)18(13)26-16(22)9-6-3/h12-13,17-19H,4-11H2,1-3H3/t12-,13-,17+,18+/m1/s1. The van der Waals surface area contributed by atoms with Crippen LogP contribution >= 0.6 is 0 Å². The van der Waals surface area contributed by atoms with Gasteiger partial charge in [0.15, 0.2) is 18.3 Å². The number of ether oxygens (including phenoxy) is 4. The third-order valence-electron chi connectivity index (χ3n) is 3.89. The number of hydrogen-bond acceptors (Lipinski definition) is 8. The highest BCUT2D eigenvalue weighted by molar-refractivity contribution is 5.71. The fourth-order valence-corrected chi connectivity index (χ4v) is 2.64. The van der Waals surface area contributed by atoms with Gasteiger partial charge in [-0.15, -0.1) is 0 Å². The average molecular weight is 374 g/mol. The van der Waals surface area contributed by atoms with Gasteiger partial charge in [0.1, 0.15) is 6.10 Å². The summed E-state index contributed by atoms with van der Waals surface area (Å²) in [6, 6.07) is 0. The summed E-state index contributed by atoms with van der Waals surface area (Å²) in [7, 11) is 0. The normalized spacial score (nSPS) is 25.4. The maximum Gasteiger partial charge on any atom is 0.306 e. The summed E-state index contributed by atoms with van der Waals surface area (Å²) in [6.45, 7) is 5.04. The maximum atomic E-state index is 12.0. The molecule has 8 heteroatoms. The molecule has 1 fully saturated rings. The van der Waals surface area contributed by atoms with Gasteiger partial charge in [-0.2, -0.15) is 0 Å². The summed E-state index contributed by atoms with van der Waals surface area (Å²) < 4.78 is 21.7. The van der Waals surface area contributed by atoms with Crippen molar-refractivity contribution in [2.75, 3.05) is 13.2 Å². The van der Waals surface area contributed by atoms with Gasteiger partial charge in [-0.05, 0) is 19.3 Å². The van der Waals surface area contributed by atoms with E-state index in [4.69, 9.17) is 18.9 Å². The van der Waals surface area contributed by atoms with E-state index >= 15 is 0 Å². The number of aliphatic hydroxyl groups excluding tert-OH is 1. The van der Waals surface area contributed by atoms with E-state index in [1.54, 1.807) is 0 Å². The smallest absolute Gasteiger partial charge is 0.306 e. The minimum atomic E-state index is -1.03. The van der Waals surface area contributed by atoms with Crippen molar-refractivity contribution in [1.29, 1.82) is 0 Å². The molecule has 0 unspecified atom stereocenters. The Morgan fingerprint density at radius 1 is 0.846 bits per heavy atom. The summed E-state index contributed by atoms with van der Waals surface area (Å²) in [5.41, 5.74) is 0. The van der Waals surface area contributed by atoms with Gasteiger partial charge in [0, 0.05) is 19.3 Å². The molecule has 0 saturated carbocycles. The highest BCUT2D eigenvalue weighted by Gasteiger charge is 2.47. The highest BCUT2D eigenvalue weighted by atomic mass is 16.6. The Morgan fingerprint density at radius 3 is 1.77 bits per heavy atom. The Bertz CT molecular complexity index is 464. The van der Waals surface area contributed by atoms with E-state index in [2.05, 4.69) is 0 Å². The third-order valence-corrected chi connectivity index (χ3v) is 3.89. The molecule has 0 aromatic heterocycles. The summed E-state index contributed by atoms with van der Waals surface area (Å²) in [6.07, 6.45) is -1.41. The molecule has 4 atom stereocenters. The van der Waals surface area contributed by atoms with Crippen molar-refractivity contribution in [3.63, 3.8) is 0 Å². The Balaban J connectivity index is 2.98. The number of aliphatic hydroxyl groups is 1. The Labute approximate surface area is 154 Å². The SMILES string of the molecule is CCCC(=O)O[C@@H]1[C@@H](OC(=O)CCC)[C@H](OC(=O)CCC)CO[C@@H]1CO. The summed E-state index contributed by atoms with van der Waals surface area (Å²) in [5.74, 6) is -1.42. The fourth-order valence-electron chi connectivity index (χ4n) is 2.64. The van der Waals surface area contributed by atoms with Gasteiger partial charge >= 0.3 is 17.9 Å². The molecule has 0 aromatic rings. The van der Waals surface area contributed by atoms with E-state index in [0.717, 1.165) is 0 Å². The van der Waals surface area contributed by atoms with Gasteiger partial charge < -0.3 is 24.1 Å². The minimum Gasteiger partial charge on any atom is -0.456 e. The van der Waals surface area contributed by atoms with E-state index in [9.17, 15) is 19.5 Å². The van der Waals surface area contributed by atoms with Crippen LogP contribution in [0, 0.1) is 0 Å². The molecule has 0 spiro atoms. The van der Waals surface area contributed by atoms with Gasteiger partial charge in [0.2, 0.25) is 0 Å². The van der Waals surface area contributed by atoms with Crippen LogP contribution in [0.2, 0.25) is 0 Å². The first kappa shape index (κ1) is 22.4. The number of carbonyl (C=O) groups excluding carboxylic acids is 3. The topological polar surface area (TPSA) is 108 Å². The Kier molecular flexibility index (Phi) is 10.2. The molecule has 0 amide bonds. The van der Waals surface area contributed by atoms with Crippen molar-refractivity contribution in [2.24, 2.45) is 0 Å². The quantitative estimate of drug-likeness (QED) is 0.453. The van der Waals surface area contributed by atoms with Crippen molar-refractivity contribution >= 4 is 17.9 Å². The van der Waals surface area contributed by atoms with Crippen LogP contribution in [-0.2, 0) is 33.3 Å². The predicted molar refractivity (Wildman–Crippen MR) is 91.2 cm³/mol. The van der Waals surface area contributed by atoms with Gasteiger partial charge in [-0.25, -0.2) is 0 Å². The van der Waals surface area contributed by atoms with Crippen LogP contribution in [0.1, 0.15) is 59.3 Å². The number of rotatable bonds is 10. The van der Waals surface area contributed by atoms with E-state index < -0.39 is 48.9 Å². The van der Waals surface area contributed by atoms with Gasteiger partial charge in [-0.1, -0.05) is 20.8 Å². The first-order valence-corrected chi connectivity index (χ1v) is 9.27. The van der Waals surface area contributed by atoms with Crippen LogP contribution in [0.25, 0.3) is 0 Å². The lowest BCUT2D eigenvalue weighted by molar-refractivity contribution is -0.231. The van der Waals surface area contributed by atoms with E-state index in [1.807, 2.05) is 20.8 Å². The molecule has 1 saturated heterocycles. The lowest BCUT2D eigenvalue weighted by Gasteiger charge is -2.40. The zero-order chi connectivity index (χ0) is 19.5. The molecular formula is C18H30O8. The zero-order valence-electron chi connectivity index (χ0n) is 15.8. The number of esters is 3. The van der Waals surface area contributed by atoms with Crippen LogP contribution in [0.4, 0.5) is 0 Å². The second-order valence-corrected chi connectivity index (χ2v) is 6.24. The second-order valence-electron chi connectivity index (χ2n) is 6.24. The molecule has 1 N–H and O–H groups in total. The van der Waals surface area contributed by atoms with E-state index in [-0.39, 0.29) is 25.9 Å². The number of hydrogen-bond donors (Lipinski definition) is 1. The third kappa shape index (κ3) is 6.92. The van der Waals surface area contributed by atoms with Crippen molar-refractivity contribution in [3.8, 4) is 0 Å². The molecule has 150 valence electrons. The lowest BCUT2D eigenvalue weighted by Crippen LogP contribution is -2.58. The summed E-state index contributed by atoms with van der Waals surface area (Å²) in [5, 5.41) is 9.55. The predicted octanol–water partition coefficient (Wildman–Crippen LogP) is 1.51. The van der Waals surface area contributed by atoms with Crippen molar-refractivity contribution < 1.29 is 38.4 Å². The zero-order valence-corrected chi connectivity index (χ0v) is 15.8. The first-order valence-electron chi connectivity index (χ1n) is 9.27. The summed E-state index contributed by atoms with van der Waals surface area (Å²) >= 11 is 0. The Hall–Kier alpha value is -1.67. The van der Waals surface area contributed by atoms with Gasteiger partial charge in [0.25, 0.3) is 0 Å². The molecule has 1 heterocycles. The molecule has 1 aliphatic rings. The molecular weight excluding hydrogens is 344 g/mol. The molecule has 0 aliphatic carbocycles. The molecule has 0 radical (unpaired) electrons. The Morgan fingerprint density at radius 2 is 1.31 bits per heavy atom. The monoisotopic (exact) mass is 374 g/mol.